The van der Waals surface area contributed by atoms with Crippen molar-refractivity contribution in [1.29, 1.82) is 0 Å². The van der Waals surface area contributed by atoms with Crippen LogP contribution in [0.2, 0.25) is 0 Å². The molecule has 0 amide bonds. The third-order valence-electron chi connectivity index (χ3n) is 2.24. The summed E-state index contributed by atoms with van der Waals surface area (Å²) in [6, 6.07) is 8.88. The second-order valence-electron chi connectivity index (χ2n) is 3.98. The van der Waals surface area contributed by atoms with E-state index in [-0.39, 0.29) is 8.41 Å². The van der Waals surface area contributed by atoms with Crippen LogP contribution in [0.1, 0.15) is 64.5 Å². The fourth-order valence-corrected chi connectivity index (χ4v) is 1.28. The first-order valence-electron chi connectivity index (χ1n) is 5.71. The summed E-state index contributed by atoms with van der Waals surface area (Å²) in [5.74, 6) is 1.28. The standard InChI is InChI=1S/C12H18.C2H6.B/c1-9(2)11-6-5-7-12(8-11)10(3)4;1-2;/h5-10H,1-4H3;1-2H3;. The summed E-state index contributed by atoms with van der Waals surface area (Å²) in [6.07, 6.45) is 0. The normalized spacial score (nSPS) is 9.33. The third-order valence-corrected chi connectivity index (χ3v) is 2.24. The largest absolute Gasteiger partial charge is 0.0683 e. The van der Waals surface area contributed by atoms with E-state index in [0.717, 1.165) is 0 Å². The molecule has 1 aromatic carbocycles. The quantitative estimate of drug-likeness (QED) is 0.617. The molecule has 0 heterocycles. The van der Waals surface area contributed by atoms with Crippen molar-refractivity contribution in [3.8, 4) is 0 Å². The molecule has 0 bridgehead atoms. The molecule has 0 aromatic heterocycles. The molecule has 0 saturated carbocycles. The second-order valence-corrected chi connectivity index (χ2v) is 3.98. The van der Waals surface area contributed by atoms with Crippen molar-refractivity contribution in [3.63, 3.8) is 0 Å². The van der Waals surface area contributed by atoms with E-state index >= 15 is 0 Å². The summed E-state index contributed by atoms with van der Waals surface area (Å²) < 4.78 is 0. The summed E-state index contributed by atoms with van der Waals surface area (Å²) in [6.45, 7) is 12.9. The second kappa shape index (κ2) is 8.58. The zero-order valence-corrected chi connectivity index (χ0v) is 11.0. The van der Waals surface area contributed by atoms with E-state index in [0.29, 0.717) is 11.8 Å². The predicted octanol–water partition coefficient (Wildman–Crippen LogP) is 4.58. The molecule has 0 nitrogen and oxygen atoms in total. The maximum atomic E-state index is 2.31. The van der Waals surface area contributed by atoms with E-state index in [1.165, 1.54) is 11.1 Å². The van der Waals surface area contributed by atoms with Crippen LogP contribution in [0.4, 0.5) is 0 Å². The Morgan fingerprint density at radius 3 is 1.40 bits per heavy atom. The molecule has 0 spiro atoms. The highest BCUT2D eigenvalue weighted by molar-refractivity contribution is 5.75. The van der Waals surface area contributed by atoms with Crippen LogP contribution in [0.15, 0.2) is 24.3 Å². The van der Waals surface area contributed by atoms with Gasteiger partial charge in [0, 0.05) is 8.41 Å². The molecule has 0 fully saturated rings. The van der Waals surface area contributed by atoms with Gasteiger partial charge in [-0.1, -0.05) is 65.8 Å². The van der Waals surface area contributed by atoms with Gasteiger partial charge in [-0.3, -0.25) is 0 Å². The predicted molar refractivity (Wildman–Crippen MR) is 71.7 cm³/mol. The maximum absolute atomic E-state index is 2.31. The van der Waals surface area contributed by atoms with Crippen molar-refractivity contribution in [1.82, 2.24) is 0 Å². The van der Waals surface area contributed by atoms with Gasteiger partial charge in [-0.15, -0.1) is 0 Å². The lowest BCUT2D eigenvalue weighted by Gasteiger charge is -2.09. The highest BCUT2D eigenvalue weighted by Crippen LogP contribution is 2.20. The topological polar surface area (TPSA) is 0 Å². The summed E-state index contributed by atoms with van der Waals surface area (Å²) in [4.78, 5) is 0. The minimum atomic E-state index is 0. The Morgan fingerprint density at radius 2 is 1.13 bits per heavy atom. The molecule has 0 unspecified atom stereocenters. The fraction of sp³-hybridized carbons (Fsp3) is 0.571. The van der Waals surface area contributed by atoms with Crippen molar-refractivity contribution < 1.29 is 0 Å². The van der Waals surface area contributed by atoms with E-state index in [2.05, 4.69) is 52.0 Å². The Bertz CT molecular complexity index is 228. The van der Waals surface area contributed by atoms with Gasteiger partial charge in [0.25, 0.3) is 0 Å². The van der Waals surface area contributed by atoms with E-state index in [9.17, 15) is 0 Å². The summed E-state index contributed by atoms with van der Waals surface area (Å²) >= 11 is 0. The SMILES string of the molecule is CC.CC(C)c1cccc(C(C)C)c1.[B]. The minimum Gasteiger partial charge on any atom is -0.0683 e. The molecule has 0 aliphatic rings. The van der Waals surface area contributed by atoms with E-state index in [1.807, 2.05) is 13.8 Å². The van der Waals surface area contributed by atoms with Crippen LogP contribution < -0.4 is 0 Å². The van der Waals surface area contributed by atoms with Crippen LogP contribution in [-0.2, 0) is 0 Å². The molecule has 1 heteroatoms. The molecule has 0 aliphatic heterocycles. The van der Waals surface area contributed by atoms with Crippen LogP contribution in [0.25, 0.3) is 0 Å². The van der Waals surface area contributed by atoms with Gasteiger partial charge in [-0.2, -0.15) is 0 Å². The highest BCUT2D eigenvalue weighted by atomic mass is 14.1. The Morgan fingerprint density at radius 1 is 0.800 bits per heavy atom. The van der Waals surface area contributed by atoms with Gasteiger partial charge >= 0.3 is 0 Å². The van der Waals surface area contributed by atoms with Gasteiger partial charge in [-0.25, -0.2) is 0 Å². The molecule has 1 rings (SSSR count). The monoisotopic (exact) mass is 203 g/mol. The number of rotatable bonds is 2. The number of benzene rings is 1. The average Bonchev–Trinajstić information content (AvgIpc) is 2.21. The first-order chi connectivity index (χ1) is 6.61. The Labute approximate surface area is 97.7 Å². The molecule has 1 aromatic rings. The van der Waals surface area contributed by atoms with E-state index in [1.54, 1.807) is 0 Å². The van der Waals surface area contributed by atoms with Gasteiger partial charge in [0.05, 0.1) is 0 Å². The molecule has 0 N–H and O–H groups in total. The Kier molecular flexibility index (Phi) is 9.56. The summed E-state index contributed by atoms with van der Waals surface area (Å²) in [5.41, 5.74) is 2.89. The zero-order chi connectivity index (χ0) is 11.1. The molecular formula is C14H24B. The highest BCUT2D eigenvalue weighted by Gasteiger charge is 2.02. The summed E-state index contributed by atoms with van der Waals surface area (Å²) in [7, 11) is 0. The minimum absolute atomic E-state index is 0. The average molecular weight is 203 g/mol. The molecule has 83 valence electrons. The fourth-order valence-electron chi connectivity index (χ4n) is 1.28. The van der Waals surface area contributed by atoms with Crippen LogP contribution in [-0.4, -0.2) is 8.41 Å². The third kappa shape index (κ3) is 5.66. The smallest absolute Gasteiger partial charge is 0 e. The van der Waals surface area contributed by atoms with Gasteiger partial charge in [-0.05, 0) is 23.0 Å². The molecular weight excluding hydrogens is 179 g/mol. The Balaban J connectivity index is 0. The van der Waals surface area contributed by atoms with Gasteiger partial charge in [0.1, 0.15) is 0 Å². The lowest BCUT2D eigenvalue weighted by Crippen LogP contribution is -1.91. The van der Waals surface area contributed by atoms with Crippen LogP contribution >= 0.6 is 0 Å². The van der Waals surface area contributed by atoms with Crippen LogP contribution in [0, 0.1) is 0 Å². The van der Waals surface area contributed by atoms with Gasteiger partial charge in [0.2, 0.25) is 0 Å². The first kappa shape index (κ1) is 16.7. The first-order valence-corrected chi connectivity index (χ1v) is 5.71. The maximum Gasteiger partial charge on any atom is 0 e. The van der Waals surface area contributed by atoms with Crippen LogP contribution in [0.5, 0.6) is 0 Å². The van der Waals surface area contributed by atoms with Crippen molar-refractivity contribution in [2.24, 2.45) is 0 Å². The van der Waals surface area contributed by atoms with E-state index < -0.39 is 0 Å². The number of hydrogen-bond acceptors (Lipinski definition) is 0. The molecule has 3 radical (unpaired) electrons. The molecule has 15 heavy (non-hydrogen) atoms. The van der Waals surface area contributed by atoms with Crippen molar-refractivity contribution in [2.75, 3.05) is 0 Å². The molecule has 0 saturated heterocycles. The van der Waals surface area contributed by atoms with Crippen molar-refractivity contribution in [3.05, 3.63) is 35.4 Å². The number of hydrogen-bond donors (Lipinski definition) is 0. The lowest BCUT2D eigenvalue weighted by molar-refractivity contribution is 0.834. The summed E-state index contributed by atoms with van der Waals surface area (Å²) in [5, 5.41) is 0. The van der Waals surface area contributed by atoms with Crippen LogP contribution in [0.3, 0.4) is 0 Å². The van der Waals surface area contributed by atoms with E-state index in [4.69, 9.17) is 0 Å². The van der Waals surface area contributed by atoms with Crippen molar-refractivity contribution in [2.45, 2.75) is 53.4 Å². The van der Waals surface area contributed by atoms with Crippen molar-refractivity contribution >= 4 is 8.41 Å². The molecule has 0 atom stereocenters. The lowest BCUT2D eigenvalue weighted by atomic mass is 9.96. The van der Waals surface area contributed by atoms with Gasteiger partial charge in [0.15, 0.2) is 0 Å². The zero-order valence-electron chi connectivity index (χ0n) is 11.0. The molecule has 0 aliphatic carbocycles. The Hall–Kier alpha value is -0.715. The van der Waals surface area contributed by atoms with Gasteiger partial charge < -0.3 is 0 Å².